The van der Waals surface area contributed by atoms with E-state index in [4.69, 9.17) is 9.47 Å². The van der Waals surface area contributed by atoms with Gasteiger partial charge < -0.3 is 25.0 Å². The maximum absolute atomic E-state index is 12.9. The van der Waals surface area contributed by atoms with Crippen molar-refractivity contribution in [2.24, 2.45) is 0 Å². The van der Waals surface area contributed by atoms with Gasteiger partial charge in [0.1, 0.15) is 0 Å². The van der Waals surface area contributed by atoms with E-state index in [9.17, 15) is 4.79 Å². The Kier molecular flexibility index (Phi) is 6.54. The third-order valence-electron chi connectivity index (χ3n) is 5.64. The van der Waals surface area contributed by atoms with Gasteiger partial charge in [-0.05, 0) is 55.0 Å². The summed E-state index contributed by atoms with van der Waals surface area (Å²) >= 11 is 0. The predicted molar refractivity (Wildman–Crippen MR) is 138 cm³/mol. The molecule has 7 nitrogen and oxygen atoms in total. The number of carbonyl (C=O) groups excluding carboxylic acids is 1. The van der Waals surface area contributed by atoms with Gasteiger partial charge >= 0.3 is 0 Å². The molecule has 7 heteroatoms. The molecule has 0 atom stereocenters. The number of methoxy groups -OCH3 is 2. The number of benzene rings is 3. The Morgan fingerprint density at radius 2 is 1.68 bits per heavy atom. The molecule has 0 fully saturated rings. The smallest absolute Gasteiger partial charge is 0.255 e. The summed E-state index contributed by atoms with van der Waals surface area (Å²) in [6.07, 6.45) is 1.75. The number of nitrogens with zero attached hydrogens (tertiary/aromatic N) is 2. The molecular weight excluding hydrogens is 428 g/mol. The van der Waals surface area contributed by atoms with Crippen LogP contribution >= 0.6 is 0 Å². The van der Waals surface area contributed by atoms with Crippen LogP contribution in [0.3, 0.4) is 0 Å². The van der Waals surface area contributed by atoms with Crippen LogP contribution in [0.2, 0.25) is 0 Å². The molecule has 1 aromatic heterocycles. The first-order chi connectivity index (χ1) is 16.4. The molecule has 4 aromatic rings. The minimum Gasteiger partial charge on any atom is -0.493 e. The van der Waals surface area contributed by atoms with Crippen LogP contribution in [0.5, 0.6) is 11.5 Å². The third-order valence-corrected chi connectivity index (χ3v) is 5.64. The first kappa shape index (κ1) is 22.9. The van der Waals surface area contributed by atoms with Crippen molar-refractivity contribution < 1.29 is 14.3 Å². The molecule has 0 saturated carbocycles. The lowest BCUT2D eigenvalue weighted by Crippen LogP contribution is -2.14. The number of ether oxygens (including phenoxy) is 2. The van der Waals surface area contributed by atoms with E-state index in [0.29, 0.717) is 22.7 Å². The van der Waals surface area contributed by atoms with Gasteiger partial charge in [0.05, 0.1) is 19.7 Å². The summed E-state index contributed by atoms with van der Waals surface area (Å²) in [5, 5.41) is 7.39. The van der Waals surface area contributed by atoms with Crippen LogP contribution in [0, 0.1) is 6.92 Å². The SMILES string of the molecule is COc1cc2nccc(Nc3cc(NC(=O)c4cccc(N(C)C)c4)ccc3C)c2cc1OC. The zero-order valence-electron chi connectivity index (χ0n) is 20.0. The highest BCUT2D eigenvalue weighted by Gasteiger charge is 2.12. The molecule has 34 heavy (non-hydrogen) atoms. The van der Waals surface area contributed by atoms with E-state index in [1.165, 1.54) is 0 Å². The summed E-state index contributed by atoms with van der Waals surface area (Å²) < 4.78 is 10.9. The maximum Gasteiger partial charge on any atom is 0.255 e. The van der Waals surface area contributed by atoms with Crippen LogP contribution < -0.4 is 25.0 Å². The van der Waals surface area contributed by atoms with E-state index in [2.05, 4.69) is 15.6 Å². The van der Waals surface area contributed by atoms with Crippen molar-refractivity contribution in [3.63, 3.8) is 0 Å². The van der Waals surface area contributed by atoms with Crippen LogP contribution in [0.4, 0.5) is 22.7 Å². The number of carbonyl (C=O) groups is 1. The Morgan fingerprint density at radius 1 is 0.912 bits per heavy atom. The fraction of sp³-hybridized carbons (Fsp3) is 0.185. The Bertz CT molecular complexity index is 1350. The summed E-state index contributed by atoms with van der Waals surface area (Å²) in [6.45, 7) is 2.02. The second-order valence-electron chi connectivity index (χ2n) is 8.14. The predicted octanol–water partition coefficient (Wildman–Crippen LogP) is 5.62. The molecule has 0 saturated heterocycles. The molecule has 0 radical (unpaired) electrons. The summed E-state index contributed by atoms with van der Waals surface area (Å²) in [4.78, 5) is 19.3. The Hall–Kier alpha value is -4.26. The molecule has 0 aliphatic heterocycles. The molecule has 1 heterocycles. The van der Waals surface area contributed by atoms with Gasteiger partial charge in [0.2, 0.25) is 0 Å². The molecule has 0 aliphatic carbocycles. The average Bonchev–Trinajstić information content (AvgIpc) is 2.85. The number of hydrogen-bond acceptors (Lipinski definition) is 6. The van der Waals surface area contributed by atoms with E-state index in [-0.39, 0.29) is 5.91 Å². The number of nitrogens with one attached hydrogen (secondary N) is 2. The van der Waals surface area contributed by atoms with Crippen molar-refractivity contribution in [3.05, 3.63) is 78.0 Å². The Balaban J connectivity index is 1.63. The van der Waals surface area contributed by atoms with Gasteiger partial charge in [0.15, 0.2) is 11.5 Å². The molecule has 1 amide bonds. The van der Waals surface area contributed by atoms with Gasteiger partial charge in [-0.3, -0.25) is 9.78 Å². The molecule has 3 aromatic carbocycles. The lowest BCUT2D eigenvalue weighted by atomic mass is 10.1. The molecule has 4 rings (SSSR count). The Morgan fingerprint density at radius 3 is 2.41 bits per heavy atom. The number of amides is 1. The summed E-state index contributed by atoms with van der Waals surface area (Å²) in [5.41, 5.74) is 5.84. The van der Waals surface area contributed by atoms with Crippen molar-refractivity contribution in [2.75, 3.05) is 43.8 Å². The van der Waals surface area contributed by atoms with Crippen LogP contribution in [0.25, 0.3) is 10.9 Å². The quantitative estimate of drug-likeness (QED) is 0.376. The molecule has 2 N–H and O–H groups in total. The van der Waals surface area contributed by atoms with Gasteiger partial charge in [0, 0.05) is 60.1 Å². The lowest BCUT2D eigenvalue weighted by Gasteiger charge is -2.16. The minimum absolute atomic E-state index is 0.162. The van der Waals surface area contributed by atoms with E-state index in [1.54, 1.807) is 26.5 Å². The number of aromatic nitrogens is 1. The largest absolute Gasteiger partial charge is 0.493 e. The summed E-state index contributed by atoms with van der Waals surface area (Å²) in [6, 6.07) is 19.0. The fourth-order valence-corrected chi connectivity index (χ4v) is 3.69. The minimum atomic E-state index is -0.162. The van der Waals surface area contributed by atoms with Crippen LogP contribution in [-0.2, 0) is 0 Å². The van der Waals surface area contributed by atoms with Crippen molar-refractivity contribution in [3.8, 4) is 11.5 Å². The van der Waals surface area contributed by atoms with E-state index in [1.807, 2.05) is 80.5 Å². The normalized spacial score (nSPS) is 10.6. The van der Waals surface area contributed by atoms with Gasteiger partial charge in [-0.1, -0.05) is 12.1 Å². The number of fused-ring (bicyclic) bond motifs is 1. The van der Waals surface area contributed by atoms with Gasteiger partial charge in [-0.2, -0.15) is 0 Å². The van der Waals surface area contributed by atoms with Crippen molar-refractivity contribution >= 4 is 39.6 Å². The molecule has 0 spiro atoms. The monoisotopic (exact) mass is 456 g/mol. The van der Waals surface area contributed by atoms with Gasteiger partial charge in [-0.15, -0.1) is 0 Å². The third kappa shape index (κ3) is 4.73. The van der Waals surface area contributed by atoms with Crippen molar-refractivity contribution in [1.82, 2.24) is 4.98 Å². The number of anilines is 4. The summed E-state index contributed by atoms with van der Waals surface area (Å²) in [5.74, 6) is 1.09. The highest BCUT2D eigenvalue weighted by atomic mass is 16.5. The fourth-order valence-electron chi connectivity index (χ4n) is 3.69. The average molecular weight is 457 g/mol. The summed E-state index contributed by atoms with van der Waals surface area (Å²) in [7, 11) is 7.11. The molecule has 0 unspecified atom stereocenters. The zero-order chi connectivity index (χ0) is 24.2. The van der Waals surface area contributed by atoms with Crippen LogP contribution in [-0.4, -0.2) is 39.2 Å². The first-order valence-electron chi connectivity index (χ1n) is 10.9. The van der Waals surface area contributed by atoms with Gasteiger partial charge in [0.25, 0.3) is 5.91 Å². The Labute approximate surface area is 199 Å². The highest BCUT2D eigenvalue weighted by Crippen LogP contribution is 2.36. The maximum atomic E-state index is 12.9. The number of pyridine rings is 1. The molecule has 0 bridgehead atoms. The topological polar surface area (TPSA) is 75.7 Å². The van der Waals surface area contributed by atoms with E-state index in [0.717, 1.165) is 33.5 Å². The van der Waals surface area contributed by atoms with Gasteiger partial charge in [-0.25, -0.2) is 0 Å². The van der Waals surface area contributed by atoms with Crippen LogP contribution in [0.1, 0.15) is 15.9 Å². The van der Waals surface area contributed by atoms with Crippen molar-refractivity contribution in [1.29, 1.82) is 0 Å². The number of aryl methyl sites for hydroxylation is 1. The lowest BCUT2D eigenvalue weighted by molar-refractivity contribution is 0.102. The number of hydrogen-bond donors (Lipinski definition) is 2. The molecule has 0 aliphatic rings. The molecule has 174 valence electrons. The van der Waals surface area contributed by atoms with E-state index < -0.39 is 0 Å². The van der Waals surface area contributed by atoms with Crippen molar-refractivity contribution in [2.45, 2.75) is 6.92 Å². The standard InChI is InChI=1S/C27H28N4O3/c1-17-9-10-19(29-27(32)18-7-6-8-20(13-18)31(2)3)14-23(17)30-22-11-12-28-24-16-26(34-5)25(33-4)15-21(22)24/h6-16H,1-5H3,(H,28,30)(H,29,32). The van der Waals surface area contributed by atoms with E-state index >= 15 is 0 Å². The molecular formula is C27H28N4O3. The second kappa shape index (κ2) is 9.70. The first-order valence-corrected chi connectivity index (χ1v) is 10.9. The highest BCUT2D eigenvalue weighted by molar-refractivity contribution is 6.05. The second-order valence-corrected chi connectivity index (χ2v) is 8.14. The number of rotatable bonds is 7. The zero-order valence-corrected chi connectivity index (χ0v) is 20.0. The van der Waals surface area contributed by atoms with Crippen LogP contribution in [0.15, 0.2) is 66.9 Å².